The third kappa shape index (κ3) is 3.75. The van der Waals surface area contributed by atoms with Crippen molar-refractivity contribution in [3.63, 3.8) is 0 Å². The molecule has 6 rings (SSSR count). The van der Waals surface area contributed by atoms with Gasteiger partial charge in [-0.3, -0.25) is 0 Å². The van der Waals surface area contributed by atoms with E-state index < -0.39 is 0 Å². The SMILES string of the molecule is COc1ccc(C2=Cc3cc4ccc(cc5nc(cc6ccc(cc2n3)[nH]6)C=C5)[nH]4)cc1OC. The Morgan fingerprint density at radius 3 is 1.79 bits per heavy atom. The van der Waals surface area contributed by atoms with Crippen LogP contribution < -0.4 is 9.47 Å². The molecule has 4 aromatic rings. The van der Waals surface area contributed by atoms with Crippen molar-refractivity contribution in [3.05, 3.63) is 95.1 Å². The van der Waals surface area contributed by atoms with Crippen molar-refractivity contribution in [1.29, 1.82) is 0 Å². The molecule has 0 fully saturated rings. The van der Waals surface area contributed by atoms with Crippen LogP contribution in [0.4, 0.5) is 0 Å². The average Bonchev–Trinajstić information content (AvgIpc) is 3.64. The summed E-state index contributed by atoms with van der Waals surface area (Å²) >= 11 is 0. The Balaban J connectivity index is 1.60. The Hall–Kier alpha value is -4.58. The van der Waals surface area contributed by atoms with E-state index in [1.54, 1.807) is 14.2 Å². The normalized spacial score (nSPS) is 12.5. The molecule has 0 aliphatic carbocycles. The summed E-state index contributed by atoms with van der Waals surface area (Å²) in [5.41, 5.74) is 9.47. The Labute approximate surface area is 196 Å². The fraction of sp³-hybridized carbons (Fsp3) is 0.0714. The van der Waals surface area contributed by atoms with Crippen LogP contribution in [0.1, 0.15) is 28.3 Å². The van der Waals surface area contributed by atoms with E-state index >= 15 is 0 Å². The van der Waals surface area contributed by atoms with E-state index in [9.17, 15) is 0 Å². The molecular weight excluding hydrogens is 424 g/mol. The Kier molecular flexibility index (Phi) is 4.77. The number of aromatic amines is 2. The molecule has 8 bridgehead atoms. The fourth-order valence-corrected chi connectivity index (χ4v) is 4.25. The maximum absolute atomic E-state index is 5.53. The number of nitrogens with one attached hydrogen (secondary N) is 2. The van der Waals surface area contributed by atoms with Crippen LogP contribution in [0.25, 0.3) is 45.9 Å². The first-order valence-corrected chi connectivity index (χ1v) is 11.0. The quantitative estimate of drug-likeness (QED) is 0.345. The number of nitrogens with zero attached hydrogens (tertiary/aromatic N) is 2. The number of benzene rings is 1. The average molecular weight is 447 g/mol. The van der Waals surface area contributed by atoms with Crippen molar-refractivity contribution < 1.29 is 9.47 Å². The number of H-pyrrole nitrogens is 2. The smallest absolute Gasteiger partial charge is 0.161 e. The minimum absolute atomic E-state index is 0.679. The van der Waals surface area contributed by atoms with Crippen LogP contribution in [0.3, 0.4) is 0 Å². The van der Waals surface area contributed by atoms with Gasteiger partial charge in [-0.1, -0.05) is 6.07 Å². The van der Waals surface area contributed by atoms with Gasteiger partial charge in [0.15, 0.2) is 11.5 Å². The second-order valence-corrected chi connectivity index (χ2v) is 8.16. The predicted molar refractivity (Wildman–Crippen MR) is 136 cm³/mol. The van der Waals surface area contributed by atoms with E-state index in [2.05, 4.69) is 22.1 Å². The van der Waals surface area contributed by atoms with Crippen LogP contribution in [0.2, 0.25) is 0 Å². The molecule has 3 aromatic heterocycles. The molecule has 1 aromatic carbocycles. The molecule has 2 aliphatic heterocycles. The molecule has 5 heterocycles. The molecule has 0 saturated carbocycles. The molecule has 2 aliphatic rings. The molecule has 6 heteroatoms. The summed E-state index contributed by atoms with van der Waals surface area (Å²) in [7, 11) is 3.28. The topological polar surface area (TPSA) is 75.8 Å². The monoisotopic (exact) mass is 446 g/mol. The summed E-state index contributed by atoms with van der Waals surface area (Å²) in [4.78, 5) is 16.5. The van der Waals surface area contributed by atoms with Gasteiger partial charge in [-0.25, -0.2) is 9.97 Å². The zero-order chi connectivity index (χ0) is 23.1. The third-order valence-corrected chi connectivity index (χ3v) is 5.86. The lowest BCUT2D eigenvalue weighted by molar-refractivity contribution is 0.355. The van der Waals surface area contributed by atoms with Crippen LogP contribution in [0.15, 0.2) is 66.7 Å². The Morgan fingerprint density at radius 1 is 0.588 bits per heavy atom. The standard InChI is InChI=1S/C28H22N4O2/c1-33-27-10-3-17(11-28(27)34-2)25-15-24-14-22-7-6-20(30-22)12-18-4-5-19(29-18)13-21-8-9-23(31-21)16-26(25)32-24/h3-16,30-31H,1-2H3. The summed E-state index contributed by atoms with van der Waals surface area (Å²) in [6.45, 7) is 0. The lowest BCUT2D eigenvalue weighted by Crippen LogP contribution is -1.92. The number of hydrogen-bond acceptors (Lipinski definition) is 4. The molecule has 6 nitrogen and oxygen atoms in total. The zero-order valence-corrected chi connectivity index (χ0v) is 18.8. The molecule has 2 N–H and O–H groups in total. The Bertz CT molecular complexity index is 1640. The van der Waals surface area contributed by atoms with Gasteiger partial charge in [0.1, 0.15) is 0 Å². The third-order valence-electron chi connectivity index (χ3n) is 5.86. The molecule has 0 saturated heterocycles. The number of aromatic nitrogens is 4. The van der Waals surface area contributed by atoms with Crippen molar-refractivity contribution >= 4 is 45.9 Å². The lowest BCUT2D eigenvalue weighted by atomic mass is 10.0. The van der Waals surface area contributed by atoms with Gasteiger partial charge in [0.05, 0.1) is 37.0 Å². The number of ether oxygens (including phenoxy) is 2. The predicted octanol–water partition coefficient (Wildman–Crippen LogP) is 6.09. The van der Waals surface area contributed by atoms with Gasteiger partial charge in [0.2, 0.25) is 0 Å². The van der Waals surface area contributed by atoms with E-state index in [0.29, 0.717) is 11.5 Å². The Morgan fingerprint density at radius 2 is 1.18 bits per heavy atom. The number of methoxy groups -OCH3 is 2. The van der Waals surface area contributed by atoms with Crippen LogP contribution >= 0.6 is 0 Å². The summed E-state index contributed by atoms with van der Waals surface area (Å²) in [6, 6.07) is 22.3. The van der Waals surface area contributed by atoms with E-state index in [1.165, 1.54) is 0 Å². The van der Waals surface area contributed by atoms with Crippen LogP contribution in [-0.2, 0) is 0 Å². The first-order valence-electron chi connectivity index (χ1n) is 11.0. The maximum Gasteiger partial charge on any atom is 0.161 e. The molecule has 166 valence electrons. The summed E-state index contributed by atoms with van der Waals surface area (Å²) in [6.07, 6.45) is 6.13. The minimum Gasteiger partial charge on any atom is -0.493 e. The van der Waals surface area contributed by atoms with Crippen LogP contribution in [-0.4, -0.2) is 34.2 Å². The van der Waals surface area contributed by atoms with Gasteiger partial charge in [0, 0.05) is 27.6 Å². The van der Waals surface area contributed by atoms with Crippen LogP contribution in [0.5, 0.6) is 11.5 Å². The van der Waals surface area contributed by atoms with E-state index in [4.69, 9.17) is 19.4 Å². The summed E-state index contributed by atoms with van der Waals surface area (Å²) < 4.78 is 10.9. The summed E-state index contributed by atoms with van der Waals surface area (Å²) in [5, 5.41) is 0. The van der Waals surface area contributed by atoms with Crippen molar-refractivity contribution in [1.82, 2.24) is 19.9 Å². The van der Waals surface area contributed by atoms with Gasteiger partial charge < -0.3 is 19.4 Å². The first kappa shape index (κ1) is 20.1. The fourth-order valence-electron chi connectivity index (χ4n) is 4.25. The number of fused-ring (bicyclic) bond motifs is 8. The lowest BCUT2D eigenvalue weighted by Gasteiger charge is -2.10. The van der Waals surface area contributed by atoms with E-state index in [-0.39, 0.29) is 0 Å². The largest absolute Gasteiger partial charge is 0.493 e. The van der Waals surface area contributed by atoms with Crippen molar-refractivity contribution in [2.75, 3.05) is 14.2 Å². The zero-order valence-electron chi connectivity index (χ0n) is 18.8. The van der Waals surface area contributed by atoms with Crippen molar-refractivity contribution in [2.45, 2.75) is 0 Å². The minimum atomic E-state index is 0.679. The van der Waals surface area contributed by atoms with E-state index in [0.717, 1.165) is 56.0 Å². The van der Waals surface area contributed by atoms with Gasteiger partial charge in [-0.15, -0.1) is 0 Å². The molecule has 0 unspecified atom stereocenters. The first-order chi connectivity index (χ1) is 16.7. The van der Waals surface area contributed by atoms with Gasteiger partial charge >= 0.3 is 0 Å². The second-order valence-electron chi connectivity index (χ2n) is 8.16. The number of rotatable bonds is 3. The highest BCUT2D eigenvalue weighted by Crippen LogP contribution is 2.35. The molecule has 34 heavy (non-hydrogen) atoms. The molecule has 0 atom stereocenters. The number of hydrogen-bond donors (Lipinski definition) is 2. The highest BCUT2D eigenvalue weighted by Gasteiger charge is 2.15. The van der Waals surface area contributed by atoms with Crippen molar-refractivity contribution in [3.8, 4) is 11.5 Å². The van der Waals surface area contributed by atoms with Crippen molar-refractivity contribution in [2.24, 2.45) is 0 Å². The molecule has 0 radical (unpaired) electrons. The van der Waals surface area contributed by atoms with Gasteiger partial charge in [-0.05, 0) is 84.5 Å². The van der Waals surface area contributed by atoms with Crippen LogP contribution in [0, 0.1) is 0 Å². The molecule has 0 spiro atoms. The van der Waals surface area contributed by atoms with E-state index in [1.807, 2.05) is 72.8 Å². The maximum atomic E-state index is 5.53. The molecule has 0 amide bonds. The second kappa shape index (κ2) is 8.08. The highest BCUT2D eigenvalue weighted by atomic mass is 16.5. The highest BCUT2D eigenvalue weighted by molar-refractivity contribution is 5.94. The summed E-state index contributed by atoms with van der Waals surface area (Å²) in [5.74, 6) is 1.37. The van der Waals surface area contributed by atoms with Gasteiger partial charge in [0.25, 0.3) is 0 Å². The molecular formula is C28H22N4O2. The van der Waals surface area contributed by atoms with Gasteiger partial charge in [-0.2, -0.15) is 0 Å².